The van der Waals surface area contributed by atoms with E-state index in [1.54, 1.807) is 39.5 Å². The van der Waals surface area contributed by atoms with Crippen molar-refractivity contribution in [3.05, 3.63) is 59.7 Å². The van der Waals surface area contributed by atoms with Crippen LogP contribution in [-0.4, -0.2) is 27.2 Å². The van der Waals surface area contributed by atoms with E-state index in [4.69, 9.17) is 14.2 Å². The summed E-state index contributed by atoms with van der Waals surface area (Å²) in [6.45, 7) is 0.391. The number of nitrogens with one attached hydrogen (secondary N) is 1. The van der Waals surface area contributed by atoms with Gasteiger partial charge in [0.15, 0.2) is 0 Å². The van der Waals surface area contributed by atoms with Gasteiger partial charge in [0.2, 0.25) is 5.91 Å². The summed E-state index contributed by atoms with van der Waals surface area (Å²) in [6, 6.07) is 13.0. The minimum absolute atomic E-state index is 0.203. The predicted molar refractivity (Wildman–Crippen MR) is 93.4 cm³/mol. The van der Waals surface area contributed by atoms with Crippen molar-refractivity contribution in [3.63, 3.8) is 0 Å². The number of hydrogen-bond acceptors (Lipinski definition) is 4. The summed E-state index contributed by atoms with van der Waals surface area (Å²) in [5.74, 6) is 1.91. The zero-order chi connectivity index (χ0) is 17.4. The number of carbonyl (C=O) groups excluding carboxylic acids is 1. The second-order valence-electron chi connectivity index (χ2n) is 4.97. The van der Waals surface area contributed by atoms with E-state index in [0.717, 1.165) is 16.9 Å². The Morgan fingerprint density at radius 3 is 2.46 bits per heavy atom. The van der Waals surface area contributed by atoms with Crippen LogP contribution in [0.15, 0.2) is 48.5 Å². The molecule has 0 aromatic heterocycles. The Hall–Kier alpha value is -2.95. The molecule has 1 N–H and O–H groups in total. The number of carbonyl (C=O) groups is 1. The van der Waals surface area contributed by atoms with Crippen LogP contribution in [0.2, 0.25) is 0 Å². The first-order valence-electron chi connectivity index (χ1n) is 7.47. The van der Waals surface area contributed by atoms with Crippen LogP contribution in [0.3, 0.4) is 0 Å². The minimum Gasteiger partial charge on any atom is -0.497 e. The van der Waals surface area contributed by atoms with Crippen molar-refractivity contribution in [1.29, 1.82) is 0 Å². The standard InChI is InChI=1S/C19H21NO4/c1-22-16-9-10-18(24-3)14(12-16)8-11-19(21)20-13-15-6-4-5-7-17(15)23-2/h4-12H,13H2,1-3H3,(H,20,21)/b11-8+. The fourth-order valence-corrected chi connectivity index (χ4v) is 2.23. The van der Waals surface area contributed by atoms with E-state index in [1.807, 2.05) is 30.3 Å². The molecular formula is C19H21NO4. The molecule has 2 aromatic rings. The van der Waals surface area contributed by atoms with E-state index in [2.05, 4.69) is 5.32 Å². The van der Waals surface area contributed by atoms with Crippen LogP contribution in [0.4, 0.5) is 0 Å². The number of methoxy groups -OCH3 is 3. The number of benzene rings is 2. The Bertz CT molecular complexity index is 725. The number of rotatable bonds is 7. The lowest BCUT2D eigenvalue weighted by atomic mass is 10.1. The second-order valence-corrected chi connectivity index (χ2v) is 4.97. The second kappa shape index (κ2) is 8.62. The number of ether oxygens (including phenoxy) is 3. The highest BCUT2D eigenvalue weighted by molar-refractivity contribution is 5.92. The van der Waals surface area contributed by atoms with Crippen molar-refractivity contribution >= 4 is 12.0 Å². The van der Waals surface area contributed by atoms with Crippen LogP contribution in [0, 0.1) is 0 Å². The molecule has 1 amide bonds. The summed E-state index contributed by atoms with van der Waals surface area (Å²) < 4.78 is 15.7. The van der Waals surface area contributed by atoms with Gasteiger partial charge < -0.3 is 19.5 Å². The monoisotopic (exact) mass is 327 g/mol. The lowest BCUT2D eigenvalue weighted by molar-refractivity contribution is -0.116. The molecule has 0 spiro atoms. The molecule has 0 saturated carbocycles. The SMILES string of the molecule is COc1ccc(OC)c(/C=C/C(=O)NCc2ccccc2OC)c1. The lowest BCUT2D eigenvalue weighted by Gasteiger charge is -2.09. The molecule has 24 heavy (non-hydrogen) atoms. The van der Waals surface area contributed by atoms with Crippen molar-refractivity contribution in [3.8, 4) is 17.2 Å². The Kier molecular flexibility index (Phi) is 6.25. The minimum atomic E-state index is -0.203. The molecule has 0 unspecified atom stereocenters. The van der Waals surface area contributed by atoms with E-state index >= 15 is 0 Å². The normalized spacial score (nSPS) is 10.5. The van der Waals surface area contributed by atoms with Crippen LogP contribution in [0.5, 0.6) is 17.2 Å². The molecule has 2 aromatic carbocycles. The fraction of sp³-hybridized carbons (Fsp3) is 0.211. The zero-order valence-corrected chi connectivity index (χ0v) is 14.0. The van der Waals surface area contributed by atoms with Gasteiger partial charge in [-0.3, -0.25) is 4.79 Å². The van der Waals surface area contributed by atoms with Crippen molar-refractivity contribution in [2.24, 2.45) is 0 Å². The third-order valence-electron chi connectivity index (χ3n) is 3.50. The molecule has 5 heteroatoms. The van der Waals surface area contributed by atoms with Gasteiger partial charge in [0, 0.05) is 23.7 Å². The van der Waals surface area contributed by atoms with Gasteiger partial charge in [0.05, 0.1) is 21.3 Å². The molecule has 0 aliphatic heterocycles. The Morgan fingerprint density at radius 2 is 1.75 bits per heavy atom. The molecule has 0 saturated heterocycles. The summed E-state index contributed by atoms with van der Waals surface area (Å²) in [6.07, 6.45) is 3.16. The van der Waals surface area contributed by atoms with Crippen LogP contribution < -0.4 is 19.5 Å². The Balaban J connectivity index is 2.03. The maximum absolute atomic E-state index is 12.0. The van der Waals surface area contributed by atoms with Gasteiger partial charge in [-0.25, -0.2) is 0 Å². The van der Waals surface area contributed by atoms with Gasteiger partial charge in [-0.2, -0.15) is 0 Å². The molecule has 5 nitrogen and oxygen atoms in total. The predicted octanol–water partition coefficient (Wildman–Crippen LogP) is 3.04. The number of para-hydroxylation sites is 1. The van der Waals surface area contributed by atoms with E-state index in [9.17, 15) is 4.79 Å². The maximum Gasteiger partial charge on any atom is 0.244 e. The van der Waals surface area contributed by atoms with Crippen molar-refractivity contribution in [1.82, 2.24) is 5.32 Å². The molecule has 0 atom stereocenters. The van der Waals surface area contributed by atoms with Crippen molar-refractivity contribution in [2.75, 3.05) is 21.3 Å². The van der Waals surface area contributed by atoms with Gasteiger partial charge in [0.25, 0.3) is 0 Å². The molecule has 0 radical (unpaired) electrons. The molecule has 0 bridgehead atoms. The first-order valence-corrected chi connectivity index (χ1v) is 7.47. The average Bonchev–Trinajstić information content (AvgIpc) is 2.64. The van der Waals surface area contributed by atoms with Gasteiger partial charge in [-0.15, -0.1) is 0 Å². The molecule has 126 valence electrons. The van der Waals surface area contributed by atoms with E-state index in [0.29, 0.717) is 18.0 Å². The topological polar surface area (TPSA) is 56.8 Å². The van der Waals surface area contributed by atoms with Crippen LogP contribution in [0.25, 0.3) is 6.08 Å². The highest BCUT2D eigenvalue weighted by Crippen LogP contribution is 2.25. The summed E-state index contributed by atoms with van der Waals surface area (Å²) >= 11 is 0. The zero-order valence-electron chi connectivity index (χ0n) is 14.0. The van der Waals surface area contributed by atoms with E-state index in [1.165, 1.54) is 6.08 Å². The summed E-state index contributed by atoms with van der Waals surface area (Å²) in [4.78, 5) is 12.0. The maximum atomic E-state index is 12.0. The third kappa shape index (κ3) is 4.52. The molecular weight excluding hydrogens is 306 g/mol. The average molecular weight is 327 g/mol. The highest BCUT2D eigenvalue weighted by atomic mass is 16.5. The Morgan fingerprint density at radius 1 is 1.00 bits per heavy atom. The van der Waals surface area contributed by atoms with Crippen LogP contribution >= 0.6 is 0 Å². The van der Waals surface area contributed by atoms with Gasteiger partial charge in [0.1, 0.15) is 17.2 Å². The largest absolute Gasteiger partial charge is 0.497 e. The lowest BCUT2D eigenvalue weighted by Crippen LogP contribution is -2.20. The van der Waals surface area contributed by atoms with Crippen LogP contribution in [-0.2, 0) is 11.3 Å². The number of amides is 1. The first-order chi connectivity index (χ1) is 11.7. The van der Waals surface area contributed by atoms with E-state index < -0.39 is 0 Å². The van der Waals surface area contributed by atoms with Gasteiger partial charge in [-0.05, 0) is 30.3 Å². The highest BCUT2D eigenvalue weighted by Gasteiger charge is 2.05. The molecule has 2 rings (SSSR count). The van der Waals surface area contributed by atoms with Gasteiger partial charge in [-0.1, -0.05) is 18.2 Å². The molecule has 0 aliphatic rings. The summed E-state index contributed by atoms with van der Waals surface area (Å²) in [7, 11) is 4.78. The molecule has 0 heterocycles. The third-order valence-corrected chi connectivity index (χ3v) is 3.50. The molecule has 0 aliphatic carbocycles. The Labute approximate surface area is 141 Å². The van der Waals surface area contributed by atoms with Crippen molar-refractivity contribution in [2.45, 2.75) is 6.54 Å². The first kappa shape index (κ1) is 17.4. The summed E-state index contributed by atoms with van der Waals surface area (Å²) in [5, 5.41) is 2.83. The molecule has 0 fully saturated rings. The fourth-order valence-electron chi connectivity index (χ4n) is 2.23. The van der Waals surface area contributed by atoms with Crippen LogP contribution in [0.1, 0.15) is 11.1 Å². The van der Waals surface area contributed by atoms with Gasteiger partial charge >= 0.3 is 0 Å². The summed E-state index contributed by atoms with van der Waals surface area (Å²) in [5.41, 5.74) is 1.69. The van der Waals surface area contributed by atoms with E-state index in [-0.39, 0.29) is 5.91 Å². The smallest absolute Gasteiger partial charge is 0.244 e. The quantitative estimate of drug-likeness (QED) is 0.794. The van der Waals surface area contributed by atoms with Crippen molar-refractivity contribution < 1.29 is 19.0 Å². The number of hydrogen-bond donors (Lipinski definition) is 1.